The third-order valence-electron chi connectivity index (χ3n) is 4.00. The Hall–Kier alpha value is -3.20. The summed E-state index contributed by atoms with van der Waals surface area (Å²) >= 11 is 0. The minimum Gasteiger partial charge on any atom is -0.367 e. The van der Waals surface area contributed by atoms with Gasteiger partial charge in [0.25, 0.3) is 5.91 Å². The van der Waals surface area contributed by atoms with Crippen LogP contribution in [0.3, 0.4) is 0 Å². The molecule has 3 N–H and O–H groups in total. The van der Waals surface area contributed by atoms with Crippen LogP contribution in [0.5, 0.6) is 0 Å². The van der Waals surface area contributed by atoms with E-state index >= 15 is 0 Å². The Morgan fingerprint density at radius 3 is 2.73 bits per heavy atom. The number of carbonyl (C=O) groups is 2. The van der Waals surface area contributed by atoms with Gasteiger partial charge in [0.1, 0.15) is 0 Å². The van der Waals surface area contributed by atoms with Crippen LogP contribution in [0, 0.1) is 6.92 Å². The lowest BCUT2D eigenvalue weighted by Crippen LogP contribution is -2.37. The number of hydrogen-bond donors (Lipinski definition) is 2. The van der Waals surface area contributed by atoms with Crippen LogP contribution in [0.2, 0.25) is 0 Å². The van der Waals surface area contributed by atoms with E-state index in [0.29, 0.717) is 11.1 Å². The largest absolute Gasteiger partial charge is 0.367 e. The van der Waals surface area contributed by atoms with Crippen molar-refractivity contribution < 1.29 is 22.8 Å². The second kappa shape index (κ2) is 6.60. The Kier molecular flexibility index (Phi) is 4.47. The molecule has 1 aliphatic rings. The van der Waals surface area contributed by atoms with E-state index in [1.165, 1.54) is 6.07 Å². The van der Waals surface area contributed by atoms with Gasteiger partial charge in [-0.2, -0.15) is 0 Å². The Morgan fingerprint density at radius 2 is 2.00 bits per heavy atom. The third kappa shape index (κ3) is 3.16. The molecule has 1 heterocycles. The van der Waals surface area contributed by atoms with Gasteiger partial charge >= 0.3 is 6.47 Å². The minimum atomic E-state index is -3.58. The van der Waals surface area contributed by atoms with E-state index in [1.807, 2.05) is 12.1 Å². The summed E-state index contributed by atoms with van der Waals surface area (Å²) in [5, 5.41) is 5.40. The number of nitrogens with two attached hydrogens (primary N) is 1. The van der Waals surface area contributed by atoms with Crippen molar-refractivity contribution in [2.45, 2.75) is 17.6 Å². The van der Waals surface area contributed by atoms with Crippen molar-refractivity contribution >= 4 is 28.2 Å². The molecule has 0 aliphatic carbocycles. The Balaban J connectivity index is 2.08. The molecule has 0 saturated heterocycles. The first-order valence-electron chi connectivity index (χ1n) is 7.53. The second-order valence-corrected chi connectivity index (χ2v) is 7.67. The predicted octanol–water partition coefficient (Wildman–Crippen LogP) is 1.08. The normalized spacial score (nSPS) is 14.7. The molecule has 0 bridgehead atoms. The number of nitrogens with zero attached hydrogens (tertiary/aromatic N) is 1. The van der Waals surface area contributed by atoms with Crippen LogP contribution in [-0.4, -0.2) is 26.8 Å². The predicted molar refractivity (Wildman–Crippen MR) is 93.7 cm³/mol. The van der Waals surface area contributed by atoms with Crippen molar-refractivity contribution in [2.24, 2.45) is 10.9 Å². The lowest BCUT2D eigenvalue weighted by Gasteiger charge is -2.21. The van der Waals surface area contributed by atoms with Gasteiger partial charge in [-0.1, -0.05) is 24.3 Å². The molecule has 26 heavy (non-hydrogen) atoms. The van der Waals surface area contributed by atoms with Crippen molar-refractivity contribution in [1.82, 2.24) is 5.32 Å². The number of oxime groups is 1. The molecule has 0 radical (unpaired) electrons. The number of hydrogen-bond acceptors (Lipinski definition) is 6. The molecule has 3 rings (SSSR count). The molecule has 0 atom stereocenters. The molecule has 0 aromatic heterocycles. The van der Waals surface area contributed by atoms with Gasteiger partial charge in [-0.05, 0) is 40.9 Å². The van der Waals surface area contributed by atoms with Crippen molar-refractivity contribution in [3.8, 4) is 11.1 Å². The van der Waals surface area contributed by atoms with Gasteiger partial charge in [-0.25, -0.2) is 8.42 Å². The molecule has 0 spiro atoms. The van der Waals surface area contributed by atoms with Crippen LogP contribution in [0.4, 0.5) is 0 Å². The zero-order valence-corrected chi connectivity index (χ0v) is 14.5. The monoisotopic (exact) mass is 373 g/mol. The highest BCUT2D eigenvalue weighted by Gasteiger charge is 2.29. The first-order chi connectivity index (χ1) is 12.3. The Labute approximate surface area is 149 Å². The maximum absolute atomic E-state index is 12.6. The average molecular weight is 373 g/mol. The van der Waals surface area contributed by atoms with Crippen LogP contribution < -0.4 is 11.1 Å². The summed E-state index contributed by atoms with van der Waals surface area (Å²) in [6.07, 6.45) is 0. The highest BCUT2D eigenvalue weighted by atomic mass is 32.2. The Morgan fingerprint density at radius 1 is 1.27 bits per heavy atom. The molecule has 0 fully saturated rings. The first-order valence-corrected chi connectivity index (χ1v) is 9.18. The fraction of sp³-hybridized carbons (Fsp3) is 0.118. The summed E-state index contributed by atoms with van der Waals surface area (Å²) in [4.78, 5) is 26.6. The second-order valence-electron chi connectivity index (χ2n) is 5.71. The standard InChI is InChI=1S/C17H15N3O5S/c1-10-6-14-12-5-3-2-4-11(12)8-26(23,24)15(14)7-13(10)16(22)19-17(18)20-25-9-21/h2-7,9H,8H2,1H3,(H3,18,19,20,22). The fourth-order valence-corrected chi connectivity index (χ4v) is 4.49. The van der Waals surface area contributed by atoms with Crippen molar-refractivity contribution in [1.29, 1.82) is 0 Å². The fourth-order valence-electron chi connectivity index (χ4n) is 2.88. The number of sulfone groups is 1. The zero-order chi connectivity index (χ0) is 18.9. The summed E-state index contributed by atoms with van der Waals surface area (Å²) < 4.78 is 25.3. The van der Waals surface area contributed by atoms with E-state index in [-0.39, 0.29) is 22.7 Å². The number of rotatable bonds is 3. The van der Waals surface area contributed by atoms with E-state index in [0.717, 1.165) is 11.1 Å². The van der Waals surface area contributed by atoms with E-state index in [9.17, 15) is 18.0 Å². The van der Waals surface area contributed by atoms with Crippen LogP contribution in [0.1, 0.15) is 21.5 Å². The molecule has 2 aromatic carbocycles. The molecule has 9 heteroatoms. The highest BCUT2D eigenvalue weighted by molar-refractivity contribution is 7.90. The first kappa shape index (κ1) is 17.6. The molecule has 1 amide bonds. The smallest absolute Gasteiger partial charge is 0.323 e. The van der Waals surface area contributed by atoms with E-state index in [2.05, 4.69) is 15.3 Å². The van der Waals surface area contributed by atoms with Gasteiger partial charge in [-0.15, -0.1) is 0 Å². The summed E-state index contributed by atoms with van der Waals surface area (Å²) in [5.41, 5.74) is 8.23. The van der Waals surface area contributed by atoms with Crippen LogP contribution in [-0.2, 0) is 25.2 Å². The van der Waals surface area contributed by atoms with E-state index in [1.54, 1.807) is 25.1 Å². The van der Waals surface area contributed by atoms with Gasteiger partial charge in [0, 0.05) is 11.1 Å². The number of benzene rings is 2. The summed E-state index contributed by atoms with van der Waals surface area (Å²) in [5.74, 6) is -1.21. The topological polar surface area (TPSA) is 128 Å². The number of guanidine groups is 1. The number of aryl methyl sites for hydroxylation is 1. The average Bonchev–Trinajstić information content (AvgIpc) is 2.59. The maximum atomic E-state index is 12.6. The van der Waals surface area contributed by atoms with Gasteiger partial charge in [0.15, 0.2) is 9.84 Å². The molecule has 8 nitrogen and oxygen atoms in total. The molecular formula is C17H15N3O5S. The lowest BCUT2D eigenvalue weighted by atomic mass is 9.96. The molecule has 0 unspecified atom stereocenters. The minimum absolute atomic E-state index is 0.0488. The van der Waals surface area contributed by atoms with Gasteiger partial charge in [0.2, 0.25) is 5.96 Å². The maximum Gasteiger partial charge on any atom is 0.323 e. The number of carbonyl (C=O) groups excluding carboxylic acids is 2. The number of amides is 1. The Bertz CT molecular complexity index is 1040. The molecule has 134 valence electrons. The quantitative estimate of drug-likeness (QED) is 0.272. The van der Waals surface area contributed by atoms with Gasteiger partial charge in [-0.3, -0.25) is 14.9 Å². The molecular weight excluding hydrogens is 358 g/mol. The van der Waals surface area contributed by atoms with Gasteiger partial charge < -0.3 is 10.6 Å². The van der Waals surface area contributed by atoms with Gasteiger partial charge in [0.05, 0.1) is 10.6 Å². The summed E-state index contributed by atoms with van der Waals surface area (Å²) in [6.45, 7) is 1.74. The molecule has 0 saturated carbocycles. The molecule has 2 aromatic rings. The van der Waals surface area contributed by atoms with Crippen molar-refractivity contribution in [2.75, 3.05) is 0 Å². The van der Waals surface area contributed by atoms with Crippen LogP contribution in [0.25, 0.3) is 11.1 Å². The van der Waals surface area contributed by atoms with E-state index in [4.69, 9.17) is 5.73 Å². The number of nitrogens with one attached hydrogen (secondary N) is 1. The zero-order valence-electron chi connectivity index (χ0n) is 13.7. The lowest BCUT2D eigenvalue weighted by molar-refractivity contribution is -0.128. The number of fused-ring (bicyclic) bond motifs is 3. The van der Waals surface area contributed by atoms with Crippen LogP contribution >= 0.6 is 0 Å². The highest BCUT2D eigenvalue weighted by Crippen LogP contribution is 2.39. The van der Waals surface area contributed by atoms with Crippen LogP contribution in [0.15, 0.2) is 46.4 Å². The van der Waals surface area contributed by atoms with E-state index < -0.39 is 21.7 Å². The SMILES string of the molecule is Cc1cc2c(cc1C(=O)NC(N)=NOC=O)S(=O)(=O)Cc1ccccc1-2. The summed E-state index contributed by atoms with van der Waals surface area (Å²) in [6, 6.07) is 10.2. The third-order valence-corrected chi connectivity index (χ3v) is 5.69. The molecule has 1 aliphatic heterocycles. The van der Waals surface area contributed by atoms with Crippen molar-refractivity contribution in [3.05, 3.63) is 53.1 Å². The summed E-state index contributed by atoms with van der Waals surface area (Å²) in [7, 11) is -3.58. The van der Waals surface area contributed by atoms with Crippen molar-refractivity contribution in [3.63, 3.8) is 0 Å².